The van der Waals surface area contributed by atoms with E-state index in [-0.39, 0.29) is 16.6 Å². The minimum Gasteiger partial charge on any atom is -0.246 e. The van der Waals surface area contributed by atoms with Gasteiger partial charge in [0.15, 0.2) is 9.84 Å². The summed E-state index contributed by atoms with van der Waals surface area (Å²) in [6, 6.07) is 0. The van der Waals surface area contributed by atoms with Crippen LogP contribution in [0.3, 0.4) is 0 Å². The number of pyridine rings is 1. The molecule has 0 saturated carbocycles. The number of hydrogen-bond acceptors (Lipinski definition) is 3. The maximum absolute atomic E-state index is 12.0. The van der Waals surface area contributed by atoms with Gasteiger partial charge in [0.2, 0.25) is 0 Å². The van der Waals surface area contributed by atoms with E-state index in [0.717, 1.165) is 0 Å². The van der Waals surface area contributed by atoms with Crippen LogP contribution in [0.4, 0.5) is 0 Å². The first kappa shape index (κ1) is 13.9. The highest BCUT2D eigenvalue weighted by molar-refractivity contribution is 9.10. The van der Waals surface area contributed by atoms with Gasteiger partial charge in [-0.15, -0.1) is 0 Å². The van der Waals surface area contributed by atoms with E-state index in [4.69, 9.17) is 11.6 Å². The Balaban J connectivity index is 3.66. The molecule has 0 atom stereocenters. The van der Waals surface area contributed by atoms with Crippen molar-refractivity contribution in [3.8, 4) is 0 Å². The van der Waals surface area contributed by atoms with Crippen LogP contribution in [-0.4, -0.2) is 19.2 Å². The topological polar surface area (TPSA) is 47.0 Å². The molecule has 0 saturated heterocycles. The van der Waals surface area contributed by atoms with E-state index < -0.39 is 9.84 Å². The van der Waals surface area contributed by atoms with E-state index in [1.807, 2.05) is 13.8 Å². The Morgan fingerprint density at radius 2 is 2.06 bits per heavy atom. The summed E-state index contributed by atoms with van der Waals surface area (Å²) in [5, 5.41) is 0.394. The number of aromatic nitrogens is 1. The maximum atomic E-state index is 12.0. The molecule has 0 unspecified atom stereocenters. The van der Waals surface area contributed by atoms with Gasteiger partial charge in [-0.1, -0.05) is 32.4 Å². The highest BCUT2D eigenvalue weighted by Gasteiger charge is 2.24. The lowest BCUT2D eigenvalue weighted by molar-refractivity contribution is 0.593. The van der Waals surface area contributed by atoms with E-state index in [0.29, 0.717) is 15.2 Å². The second kappa shape index (κ2) is 5.02. The molecule has 90 valence electrons. The molecule has 0 spiro atoms. The summed E-state index contributed by atoms with van der Waals surface area (Å²) in [5.41, 5.74) is 0.630. The van der Waals surface area contributed by atoms with Crippen molar-refractivity contribution in [3.05, 3.63) is 21.4 Å². The van der Waals surface area contributed by atoms with Crippen molar-refractivity contribution < 1.29 is 8.42 Å². The molecule has 0 bridgehead atoms. The SMILES string of the molecule is CCS(=O)(=O)c1c(Br)ncc(Cl)c1C(C)C. The van der Waals surface area contributed by atoms with Gasteiger partial charge in [-0.2, -0.15) is 0 Å². The van der Waals surface area contributed by atoms with Crippen molar-refractivity contribution in [3.63, 3.8) is 0 Å². The molecule has 1 aromatic rings. The van der Waals surface area contributed by atoms with E-state index in [1.54, 1.807) is 6.92 Å². The molecule has 6 heteroatoms. The molecule has 16 heavy (non-hydrogen) atoms. The molecule has 0 aliphatic carbocycles. The molecule has 3 nitrogen and oxygen atoms in total. The summed E-state index contributed by atoms with van der Waals surface area (Å²) < 4.78 is 24.3. The smallest absolute Gasteiger partial charge is 0.181 e. The quantitative estimate of drug-likeness (QED) is 0.800. The normalized spacial score (nSPS) is 12.1. The van der Waals surface area contributed by atoms with Crippen LogP contribution in [0.15, 0.2) is 15.7 Å². The van der Waals surface area contributed by atoms with Crippen LogP contribution in [0, 0.1) is 0 Å². The largest absolute Gasteiger partial charge is 0.246 e. The van der Waals surface area contributed by atoms with Crippen LogP contribution < -0.4 is 0 Å². The highest BCUT2D eigenvalue weighted by Crippen LogP contribution is 2.34. The minimum absolute atomic E-state index is 0.0307. The van der Waals surface area contributed by atoms with Gasteiger partial charge < -0.3 is 0 Å². The lowest BCUT2D eigenvalue weighted by atomic mass is 10.1. The first-order chi connectivity index (χ1) is 7.31. The average Bonchev–Trinajstić information content (AvgIpc) is 2.20. The zero-order chi connectivity index (χ0) is 12.5. The number of sulfone groups is 1. The molecule has 0 fully saturated rings. The molecule has 1 heterocycles. The molecule has 0 aliphatic heterocycles. The van der Waals surface area contributed by atoms with Crippen LogP contribution >= 0.6 is 27.5 Å². The Hall–Kier alpha value is -0.130. The Morgan fingerprint density at radius 3 is 2.50 bits per heavy atom. The summed E-state index contributed by atoms with van der Waals surface area (Å²) >= 11 is 9.19. The summed E-state index contributed by atoms with van der Waals surface area (Å²) in [7, 11) is -3.32. The molecular formula is C10H13BrClNO2S. The second-order valence-corrected chi connectivity index (χ2v) is 7.07. The number of hydrogen-bond donors (Lipinski definition) is 0. The van der Waals surface area contributed by atoms with Gasteiger partial charge in [0.05, 0.1) is 10.8 Å². The van der Waals surface area contributed by atoms with Crippen molar-refractivity contribution in [1.29, 1.82) is 0 Å². The first-order valence-corrected chi connectivity index (χ1v) is 7.70. The first-order valence-electron chi connectivity index (χ1n) is 4.88. The monoisotopic (exact) mass is 325 g/mol. The van der Waals surface area contributed by atoms with Gasteiger partial charge >= 0.3 is 0 Å². The molecule has 0 aliphatic rings. The van der Waals surface area contributed by atoms with Gasteiger partial charge in [0, 0.05) is 6.20 Å². The van der Waals surface area contributed by atoms with Crippen LogP contribution in [0.1, 0.15) is 32.3 Å². The third-order valence-electron chi connectivity index (χ3n) is 2.25. The third-order valence-corrected chi connectivity index (χ3v) is 5.21. The van der Waals surface area contributed by atoms with Crippen LogP contribution in [0.25, 0.3) is 0 Å². The van der Waals surface area contributed by atoms with E-state index in [1.165, 1.54) is 6.20 Å². The van der Waals surface area contributed by atoms with Crippen LogP contribution in [0.2, 0.25) is 5.02 Å². The summed E-state index contributed by atoms with van der Waals surface area (Å²) in [5.74, 6) is 0.0657. The van der Waals surface area contributed by atoms with Gasteiger partial charge in [-0.3, -0.25) is 0 Å². The van der Waals surface area contributed by atoms with E-state index >= 15 is 0 Å². The van der Waals surface area contributed by atoms with E-state index in [9.17, 15) is 8.42 Å². The fraction of sp³-hybridized carbons (Fsp3) is 0.500. The Labute approximate surface area is 109 Å². The maximum Gasteiger partial charge on any atom is 0.181 e. The summed E-state index contributed by atoms with van der Waals surface area (Å²) in [6.45, 7) is 5.41. The third kappa shape index (κ3) is 2.57. The Bertz CT molecular complexity index is 500. The summed E-state index contributed by atoms with van der Waals surface area (Å²) in [6.07, 6.45) is 1.47. The standard InChI is InChI=1S/C10H13BrClNO2S/c1-4-16(14,15)9-8(6(2)3)7(12)5-13-10(9)11/h5-6H,4H2,1-3H3. The lowest BCUT2D eigenvalue weighted by Gasteiger charge is -2.15. The average molecular weight is 327 g/mol. The second-order valence-electron chi connectivity index (χ2n) is 3.70. The van der Waals surface area contributed by atoms with Crippen LogP contribution in [0.5, 0.6) is 0 Å². The molecule has 0 radical (unpaired) electrons. The van der Waals surface area contributed by atoms with Crippen molar-refractivity contribution in [1.82, 2.24) is 4.98 Å². The van der Waals surface area contributed by atoms with Crippen molar-refractivity contribution in [2.45, 2.75) is 31.6 Å². The van der Waals surface area contributed by atoms with Gasteiger partial charge in [0.1, 0.15) is 9.50 Å². The highest BCUT2D eigenvalue weighted by atomic mass is 79.9. The van der Waals surface area contributed by atoms with Gasteiger partial charge in [-0.25, -0.2) is 13.4 Å². The van der Waals surface area contributed by atoms with E-state index in [2.05, 4.69) is 20.9 Å². The van der Waals surface area contributed by atoms with Gasteiger partial charge in [0.25, 0.3) is 0 Å². The minimum atomic E-state index is -3.32. The fourth-order valence-corrected chi connectivity index (χ4v) is 4.19. The zero-order valence-corrected chi connectivity index (χ0v) is 12.4. The lowest BCUT2D eigenvalue weighted by Crippen LogP contribution is -2.11. The molecule has 0 aromatic carbocycles. The van der Waals surface area contributed by atoms with Crippen molar-refractivity contribution >= 4 is 37.4 Å². The van der Waals surface area contributed by atoms with Crippen molar-refractivity contribution in [2.75, 3.05) is 5.75 Å². The molecular weight excluding hydrogens is 314 g/mol. The molecule has 0 N–H and O–H groups in total. The summed E-state index contributed by atoms with van der Waals surface area (Å²) in [4.78, 5) is 4.16. The number of halogens is 2. The molecule has 1 rings (SSSR count). The van der Waals surface area contributed by atoms with Gasteiger partial charge in [-0.05, 0) is 27.4 Å². The predicted molar refractivity (Wildman–Crippen MR) is 68.8 cm³/mol. The predicted octanol–water partition coefficient (Wildman–Crippen LogP) is 3.41. The van der Waals surface area contributed by atoms with Crippen LogP contribution in [-0.2, 0) is 9.84 Å². The Morgan fingerprint density at radius 1 is 1.50 bits per heavy atom. The Kier molecular flexibility index (Phi) is 4.37. The number of rotatable bonds is 3. The fourth-order valence-electron chi connectivity index (χ4n) is 1.44. The number of nitrogens with zero attached hydrogens (tertiary/aromatic N) is 1. The zero-order valence-electron chi connectivity index (χ0n) is 9.29. The van der Waals surface area contributed by atoms with Crippen molar-refractivity contribution in [2.24, 2.45) is 0 Å². The molecule has 1 aromatic heterocycles. The molecule has 0 amide bonds.